The van der Waals surface area contributed by atoms with Gasteiger partial charge in [0.2, 0.25) is 0 Å². The van der Waals surface area contributed by atoms with E-state index in [-0.39, 0.29) is 36.1 Å². The number of nitrogens with one attached hydrogen (secondary N) is 2. The molecule has 1 fully saturated rings. The molecule has 1 saturated carbocycles. The van der Waals surface area contributed by atoms with Crippen molar-refractivity contribution in [1.82, 2.24) is 10.3 Å². The Morgan fingerprint density at radius 3 is 2.50 bits per heavy atom. The van der Waals surface area contributed by atoms with Crippen molar-refractivity contribution in [1.29, 1.82) is 0 Å². The molecule has 0 saturated heterocycles. The van der Waals surface area contributed by atoms with Gasteiger partial charge in [0, 0.05) is 17.5 Å². The fraction of sp³-hybridized carbons (Fsp3) is 0.370. The van der Waals surface area contributed by atoms with E-state index >= 15 is 0 Å². The lowest BCUT2D eigenvalue weighted by atomic mass is 9.61. The van der Waals surface area contributed by atoms with E-state index in [4.69, 9.17) is 10.1 Å². The molecule has 0 bridgehead atoms. The molecule has 3 N–H and O–H groups in total. The van der Waals surface area contributed by atoms with Crippen molar-refractivity contribution in [3.05, 3.63) is 71.0 Å². The van der Waals surface area contributed by atoms with E-state index in [1.807, 2.05) is 25.1 Å². The molecule has 1 aliphatic carbocycles. The third-order valence-electron chi connectivity index (χ3n) is 6.52. The average Bonchev–Trinajstić information content (AvgIpc) is 2.76. The predicted octanol–water partition coefficient (Wildman–Crippen LogP) is 5.48. The third-order valence-corrected chi connectivity index (χ3v) is 6.52. The molecule has 1 atom stereocenters. The minimum atomic E-state index is -0.948. The fourth-order valence-corrected chi connectivity index (χ4v) is 4.84. The second kappa shape index (κ2) is 9.41. The lowest BCUT2D eigenvalue weighted by Crippen LogP contribution is -2.38. The summed E-state index contributed by atoms with van der Waals surface area (Å²) < 4.78 is 13.6. The lowest BCUT2D eigenvalue weighted by Gasteiger charge is -2.47. The third kappa shape index (κ3) is 5.35. The van der Waals surface area contributed by atoms with Gasteiger partial charge in [0.05, 0.1) is 18.0 Å². The molecule has 0 aliphatic heterocycles. The lowest BCUT2D eigenvalue weighted by molar-refractivity contribution is -0.136. The molecular formula is C27H30FN3O3. The number of amides is 1. The number of fused-ring (bicyclic) bond motifs is 1. The molecule has 6 nitrogen and oxygen atoms in total. The monoisotopic (exact) mass is 463 g/mol. The number of carbonyl (C=O) groups excluding carboxylic acids is 1. The van der Waals surface area contributed by atoms with Crippen LogP contribution in [0.1, 0.15) is 60.6 Å². The van der Waals surface area contributed by atoms with Crippen LogP contribution in [-0.4, -0.2) is 28.5 Å². The van der Waals surface area contributed by atoms with Crippen molar-refractivity contribution in [2.45, 2.75) is 46.1 Å². The van der Waals surface area contributed by atoms with Crippen LogP contribution in [0.3, 0.4) is 0 Å². The molecule has 1 heterocycles. The highest BCUT2D eigenvalue weighted by Gasteiger charge is 2.41. The molecule has 4 rings (SSSR count). The number of hydrogen-bond donors (Lipinski definition) is 3. The van der Waals surface area contributed by atoms with Crippen LogP contribution in [0.2, 0.25) is 0 Å². The summed E-state index contributed by atoms with van der Waals surface area (Å²) >= 11 is 0. The molecule has 3 aromatic rings. The second-order valence-corrected chi connectivity index (χ2v) is 9.97. The molecule has 1 aliphatic rings. The number of aryl methyl sites for hydroxylation is 1. The van der Waals surface area contributed by atoms with Crippen molar-refractivity contribution >= 4 is 28.6 Å². The van der Waals surface area contributed by atoms with Gasteiger partial charge in [-0.05, 0) is 78.6 Å². The summed E-state index contributed by atoms with van der Waals surface area (Å²) in [6, 6.07) is 14.0. The van der Waals surface area contributed by atoms with Gasteiger partial charge in [-0.3, -0.25) is 9.59 Å². The van der Waals surface area contributed by atoms with Crippen LogP contribution in [0.4, 0.5) is 10.2 Å². The van der Waals surface area contributed by atoms with E-state index < -0.39 is 5.97 Å². The van der Waals surface area contributed by atoms with Crippen molar-refractivity contribution in [3.8, 4) is 0 Å². The molecule has 0 spiro atoms. The quantitative estimate of drug-likeness (QED) is 0.412. The number of aromatic nitrogens is 1. The van der Waals surface area contributed by atoms with Gasteiger partial charge < -0.3 is 15.7 Å². The first-order valence-corrected chi connectivity index (χ1v) is 11.5. The van der Waals surface area contributed by atoms with E-state index in [9.17, 15) is 14.0 Å². The Kier molecular flexibility index (Phi) is 6.55. The Bertz CT molecular complexity index is 1220. The number of carboxylic acids is 1. The maximum atomic E-state index is 13.6. The van der Waals surface area contributed by atoms with E-state index in [0.29, 0.717) is 11.5 Å². The highest BCUT2D eigenvalue weighted by Crippen LogP contribution is 2.51. The van der Waals surface area contributed by atoms with Crippen LogP contribution in [0.25, 0.3) is 10.9 Å². The normalized spacial score (nSPS) is 16.0. The molecule has 2 aromatic carbocycles. The Morgan fingerprint density at radius 2 is 1.85 bits per heavy atom. The molecule has 1 amide bonds. The summed E-state index contributed by atoms with van der Waals surface area (Å²) in [4.78, 5) is 27.7. The molecule has 7 heteroatoms. The topological polar surface area (TPSA) is 91.3 Å². The van der Waals surface area contributed by atoms with E-state index in [2.05, 4.69) is 24.5 Å². The smallest absolute Gasteiger partial charge is 0.305 e. The van der Waals surface area contributed by atoms with Gasteiger partial charge >= 0.3 is 5.97 Å². The minimum absolute atomic E-state index is 0.0150. The van der Waals surface area contributed by atoms with Gasteiger partial charge in [-0.1, -0.05) is 26.0 Å². The fourth-order valence-electron chi connectivity index (χ4n) is 4.84. The molecule has 0 radical (unpaired) electrons. The van der Waals surface area contributed by atoms with Crippen LogP contribution >= 0.6 is 0 Å². The number of benzene rings is 2. The summed E-state index contributed by atoms with van der Waals surface area (Å²) in [7, 11) is 0. The predicted molar refractivity (Wildman–Crippen MR) is 130 cm³/mol. The van der Waals surface area contributed by atoms with Gasteiger partial charge in [-0.25, -0.2) is 9.37 Å². The number of rotatable bonds is 8. The highest BCUT2D eigenvalue weighted by molar-refractivity contribution is 5.94. The van der Waals surface area contributed by atoms with Crippen LogP contribution in [0, 0.1) is 24.1 Å². The van der Waals surface area contributed by atoms with Crippen molar-refractivity contribution < 1.29 is 19.1 Å². The number of pyridine rings is 1. The number of carboxylic acid groups (broad SMARTS) is 1. The first-order valence-electron chi connectivity index (χ1n) is 11.5. The average molecular weight is 464 g/mol. The maximum absolute atomic E-state index is 13.6. The maximum Gasteiger partial charge on any atom is 0.305 e. The summed E-state index contributed by atoms with van der Waals surface area (Å²) in [6.07, 6.45) is 2.03. The number of aliphatic carboxylic acids is 1. The van der Waals surface area contributed by atoms with Crippen molar-refractivity contribution in [2.75, 3.05) is 11.9 Å². The van der Waals surface area contributed by atoms with E-state index in [1.165, 1.54) is 12.1 Å². The number of carbonyl (C=O) groups is 2. The highest BCUT2D eigenvalue weighted by atomic mass is 19.1. The molecule has 34 heavy (non-hydrogen) atoms. The van der Waals surface area contributed by atoms with Gasteiger partial charge in [0.15, 0.2) is 0 Å². The number of halogens is 1. The van der Waals surface area contributed by atoms with Gasteiger partial charge in [-0.2, -0.15) is 0 Å². The number of nitrogens with zero attached hydrogens (tertiary/aromatic N) is 1. The Balaban J connectivity index is 1.57. The summed E-state index contributed by atoms with van der Waals surface area (Å²) in [6.45, 7) is 6.58. The van der Waals surface area contributed by atoms with Gasteiger partial charge in [-0.15, -0.1) is 0 Å². The first-order chi connectivity index (χ1) is 16.1. The van der Waals surface area contributed by atoms with Crippen LogP contribution < -0.4 is 10.6 Å². The van der Waals surface area contributed by atoms with Crippen molar-refractivity contribution in [3.63, 3.8) is 0 Å². The largest absolute Gasteiger partial charge is 0.481 e. The Hall–Kier alpha value is -3.48. The minimum Gasteiger partial charge on any atom is -0.481 e. The van der Waals surface area contributed by atoms with E-state index in [1.54, 1.807) is 18.2 Å². The van der Waals surface area contributed by atoms with Crippen molar-refractivity contribution in [2.24, 2.45) is 11.3 Å². The van der Waals surface area contributed by atoms with Gasteiger partial charge in [0.25, 0.3) is 5.91 Å². The van der Waals surface area contributed by atoms with Gasteiger partial charge in [0.1, 0.15) is 11.6 Å². The molecule has 1 aromatic heterocycles. The summed E-state index contributed by atoms with van der Waals surface area (Å²) in [5.41, 5.74) is 3.51. The summed E-state index contributed by atoms with van der Waals surface area (Å²) in [5, 5.41) is 15.8. The van der Waals surface area contributed by atoms with E-state index in [0.717, 1.165) is 40.7 Å². The van der Waals surface area contributed by atoms with Crippen LogP contribution in [0.15, 0.2) is 48.5 Å². The molecule has 0 unspecified atom stereocenters. The SMILES string of the molecule is Cc1cc2cc(F)ccc2nc1N[C@H](c1ccc(C(=O)NCCC(=O)O)cc1)C1CC(C)(C)C1. The number of anilines is 1. The summed E-state index contributed by atoms with van der Waals surface area (Å²) in [5.74, 6) is -0.340. The number of hydrogen-bond acceptors (Lipinski definition) is 4. The Labute approximate surface area is 198 Å². The van der Waals surface area contributed by atoms with Crippen LogP contribution in [0.5, 0.6) is 0 Å². The second-order valence-electron chi connectivity index (χ2n) is 9.97. The molecule has 178 valence electrons. The zero-order chi connectivity index (χ0) is 24.5. The first kappa shape index (κ1) is 23.7. The Morgan fingerprint density at radius 1 is 1.15 bits per heavy atom. The standard InChI is InChI=1S/C27H30FN3O3/c1-16-12-19-13-21(28)8-9-22(19)30-25(16)31-24(20-14-27(2,3)15-20)17-4-6-18(7-5-17)26(34)29-11-10-23(32)33/h4-9,12-13,20,24H,10-11,14-15H2,1-3H3,(H,29,34)(H,30,31)(H,32,33)/t24-/m1/s1. The zero-order valence-electron chi connectivity index (χ0n) is 19.7. The molecular weight excluding hydrogens is 433 g/mol. The zero-order valence-corrected chi connectivity index (χ0v) is 19.7. The van der Waals surface area contributed by atoms with Crippen LogP contribution in [-0.2, 0) is 4.79 Å².